The van der Waals surface area contributed by atoms with Gasteiger partial charge in [0.25, 0.3) is 0 Å². The van der Waals surface area contributed by atoms with Gasteiger partial charge in [0, 0.05) is 0 Å². The van der Waals surface area contributed by atoms with Crippen LogP contribution in [0.4, 0.5) is 0 Å². The Morgan fingerprint density at radius 2 is 1.63 bits per heavy atom. The Kier molecular flexibility index (Phi) is 4.87. The largest absolute Gasteiger partial charge is 0.387 e. The van der Waals surface area contributed by atoms with Crippen LogP contribution in [-0.4, -0.2) is 57.7 Å². The second kappa shape index (κ2) is 6.42. The van der Waals surface area contributed by atoms with Crippen molar-refractivity contribution in [2.24, 2.45) is 0 Å². The Balaban J connectivity index is 1.82. The molecule has 1 aliphatic heterocycles. The van der Waals surface area contributed by atoms with Crippen LogP contribution in [0.3, 0.4) is 0 Å². The summed E-state index contributed by atoms with van der Waals surface area (Å²) in [6.07, 6.45) is -6.66. The maximum atomic E-state index is 9.70. The van der Waals surface area contributed by atoms with E-state index in [0.717, 1.165) is 5.56 Å². The van der Waals surface area contributed by atoms with E-state index >= 15 is 0 Å². The highest BCUT2D eigenvalue weighted by molar-refractivity contribution is 5.13. The summed E-state index contributed by atoms with van der Waals surface area (Å²) in [4.78, 5) is 0. The van der Waals surface area contributed by atoms with E-state index in [1.54, 1.807) is 0 Å². The lowest BCUT2D eigenvalue weighted by Crippen LogP contribution is -2.58. The van der Waals surface area contributed by atoms with Crippen molar-refractivity contribution in [1.29, 1.82) is 0 Å². The molecule has 0 saturated carbocycles. The molecule has 0 aliphatic carbocycles. The zero-order chi connectivity index (χ0) is 13.8. The van der Waals surface area contributed by atoms with Gasteiger partial charge < -0.3 is 29.9 Å². The van der Waals surface area contributed by atoms with E-state index in [0.29, 0.717) is 6.61 Å². The highest BCUT2D eigenvalue weighted by Crippen LogP contribution is 2.20. The van der Waals surface area contributed by atoms with E-state index < -0.39 is 30.7 Å². The van der Waals surface area contributed by atoms with Gasteiger partial charge in [-0.3, -0.25) is 0 Å². The number of aliphatic hydroxyl groups is 4. The van der Waals surface area contributed by atoms with Gasteiger partial charge in [-0.15, -0.1) is 0 Å². The molecule has 2 rings (SSSR count). The van der Waals surface area contributed by atoms with Crippen LogP contribution in [0.1, 0.15) is 5.56 Å². The van der Waals surface area contributed by atoms with E-state index in [4.69, 9.17) is 9.47 Å². The molecule has 0 amide bonds. The van der Waals surface area contributed by atoms with Crippen molar-refractivity contribution in [2.75, 3.05) is 6.61 Å². The van der Waals surface area contributed by atoms with E-state index in [9.17, 15) is 20.4 Å². The summed E-state index contributed by atoms with van der Waals surface area (Å²) in [7, 11) is 0. The van der Waals surface area contributed by atoms with E-state index in [-0.39, 0.29) is 6.61 Å². The summed E-state index contributed by atoms with van der Waals surface area (Å²) < 4.78 is 10.4. The minimum atomic E-state index is -1.52. The number of benzene rings is 1. The molecule has 1 aromatic rings. The number of rotatable bonds is 4. The van der Waals surface area contributed by atoms with Gasteiger partial charge in [0.05, 0.1) is 13.2 Å². The van der Waals surface area contributed by atoms with Crippen LogP contribution in [-0.2, 0) is 16.1 Å². The van der Waals surface area contributed by atoms with Gasteiger partial charge in [-0.1, -0.05) is 30.3 Å². The normalized spacial score (nSPS) is 35.3. The van der Waals surface area contributed by atoms with Crippen molar-refractivity contribution in [3.63, 3.8) is 0 Å². The number of hydrogen-bond acceptors (Lipinski definition) is 6. The molecule has 1 heterocycles. The molecular weight excluding hydrogens is 252 g/mol. The molecule has 1 aromatic carbocycles. The lowest BCUT2D eigenvalue weighted by atomic mass is 9.99. The molecule has 0 radical (unpaired) electrons. The Morgan fingerprint density at radius 1 is 0.947 bits per heavy atom. The first-order chi connectivity index (χ1) is 9.09. The fourth-order valence-corrected chi connectivity index (χ4v) is 1.94. The monoisotopic (exact) mass is 270 g/mol. The van der Waals surface area contributed by atoms with Crippen LogP contribution < -0.4 is 0 Å². The summed E-state index contributed by atoms with van der Waals surface area (Å²) in [6.45, 7) is 0.346. The molecule has 6 nitrogen and oxygen atoms in total. The molecule has 5 atom stereocenters. The van der Waals surface area contributed by atoms with Gasteiger partial charge in [-0.25, -0.2) is 0 Å². The summed E-state index contributed by atoms with van der Waals surface area (Å²) in [5.74, 6) is 0. The average Bonchev–Trinajstić information content (AvgIpc) is 2.43. The summed E-state index contributed by atoms with van der Waals surface area (Å²) >= 11 is 0. The first-order valence-corrected chi connectivity index (χ1v) is 6.09. The van der Waals surface area contributed by atoms with Crippen LogP contribution >= 0.6 is 0 Å². The van der Waals surface area contributed by atoms with Crippen molar-refractivity contribution in [3.05, 3.63) is 35.9 Å². The van der Waals surface area contributed by atoms with E-state index in [1.807, 2.05) is 30.3 Å². The first kappa shape index (κ1) is 14.4. The lowest BCUT2D eigenvalue weighted by molar-refractivity contribution is -0.289. The van der Waals surface area contributed by atoms with Crippen LogP contribution in [0.15, 0.2) is 30.3 Å². The standard InChI is InChI=1S/C13H18O6/c14-10-9(19-13(17)12(16)11(10)15)7-18-6-8-4-2-1-3-5-8/h1-5,9-17H,6-7H2/t9-,10-,11+,12+,13+/m1/s1. The summed E-state index contributed by atoms with van der Waals surface area (Å²) in [5.41, 5.74) is 0.967. The average molecular weight is 270 g/mol. The third-order valence-electron chi connectivity index (χ3n) is 3.08. The predicted molar refractivity (Wildman–Crippen MR) is 65.0 cm³/mol. The zero-order valence-corrected chi connectivity index (χ0v) is 10.3. The molecule has 0 aromatic heterocycles. The smallest absolute Gasteiger partial charge is 0.184 e. The third kappa shape index (κ3) is 3.50. The van der Waals surface area contributed by atoms with Gasteiger partial charge in [0.15, 0.2) is 6.29 Å². The number of ether oxygens (including phenoxy) is 2. The van der Waals surface area contributed by atoms with Crippen LogP contribution in [0.25, 0.3) is 0 Å². The van der Waals surface area contributed by atoms with Gasteiger partial charge in [-0.2, -0.15) is 0 Å². The molecule has 0 unspecified atom stereocenters. The minimum absolute atomic E-state index is 0.0108. The summed E-state index contributed by atoms with van der Waals surface area (Å²) in [5, 5.41) is 37.9. The Morgan fingerprint density at radius 3 is 2.32 bits per heavy atom. The van der Waals surface area contributed by atoms with Crippen molar-refractivity contribution >= 4 is 0 Å². The van der Waals surface area contributed by atoms with Crippen molar-refractivity contribution in [2.45, 2.75) is 37.3 Å². The van der Waals surface area contributed by atoms with E-state index in [1.165, 1.54) is 0 Å². The Hall–Kier alpha value is -1.02. The number of aliphatic hydroxyl groups excluding tert-OH is 4. The fourth-order valence-electron chi connectivity index (χ4n) is 1.94. The van der Waals surface area contributed by atoms with Crippen molar-refractivity contribution < 1.29 is 29.9 Å². The van der Waals surface area contributed by atoms with Crippen LogP contribution in [0, 0.1) is 0 Å². The maximum Gasteiger partial charge on any atom is 0.184 e. The van der Waals surface area contributed by atoms with Gasteiger partial charge in [-0.05, 0) is 5.56 Å². The Bertz CT molecular complexity index is 384. The predicted octanol–water partition coefficient (Wildman–Crippen LogP) is -0.997. The fraction of sp³-hybridized carbons (Fsp3) is 0.538. The molecule has 1 aliphatic rings. The van der Waals surface area contributed by atoms with E-state index in [2.05, 4.69) is 0 Å². The highest BCUT2D eigenvalue weighted by Gasteiger charge is 2.42. The summed E-state index contributed by atoms with van der Waals surface area (Å²) in [6, 6.07) is 9.45. The van der Waals surface area contributed by atoms with Gasteiger partial charge in [0.1, 0.15) is 24.4 Å². The molecule has 4 N–H and O–H groups in total. The van der Waals surface area contributed by atoms with Crippen LogP contribution in [0.2, 0.25) is 0 Å². The molecule has 0 spiro atoms. The molecule has 1 saturated heterocycles. The quantitative estimate of drug-likeness (QED) is 0.560. The molecule has 19 heavy (non-hydrogen) atoms. The Labute approximate surface area is 110 Å². The molecule has 1 fully saturated rings. The third-order valence-corrected chi connectivity index (χ3v) is 3.08. The minimum Gasteiger partial charge on any atom is -0.387 e. The second-order valence-corrected chi connectivity index (χ2v) is 4.54. The molecule has 0 bridgehead atoms. The molecule has 6 heteroatoms. The second-order valence-electron chi connectivity index (χ2n) is 4.54. The first-order valence-electron chi connectivity index (χ1n) is 6.09. The van der Waals surface area contributed by atoms with Crippen molar-refractivity contribution in [3.8, 4) is 0 Å². The molecule has 106 valence electrons. The van der Waals surface area contributed by atoms with Crippen molar-refractivity contribution in [1.82, 2.24) is 0 Å². The topological polar surface area (TPSA) is 99.4 Å². The maximum absolute atomic E-state index is 9.70. The highest BCUT2D eigenvalue weighted by atomic mass is 16.6. The van der Waals surface area contributed by atoms with Gasteiger partial charge >= 0.3 is 0 Å². The zero-order valence-electron chi connectivity index (χ0n) is 10.3. The number of hydrogen-bond donors (Lipinski definition) is 4. The van der Waals surface area contributed by atoms with Crippen LogP contribution in [0.5, 0.6) is 0 Å². The van der Waals surface area contributed by atoms with Gasteiger partial charge in [0.2, 0.25) is 0 Å². The SMILES string of the molecule is O[C@@H]1[C@H](O)[C@@H](O)O[C@H](COCc2ccccc2)[C@H]1O. The lowest BCUT2D eigenvalue weighted by Gasteiger charge is -2.38. The molecular formula is C13H18O6.